The molecule has 1 N–H and O–H groups in total. The number of ether oxygens (including phenoxy) is 1. The van der Waals surface area contributed by atoms with Gasteiger partial charge < -0.3 is 10.1 Å². The maximum absolute atomic E-state index is 12.5. The Balaban J connectivity index is 3.17. The molecule has 0 atom stereocenters. The third-order valence-corrected chi connectivity index (χ3v) is 5.26. The van der Waals surface area contributed by atoms with Gasteiger partial charge in [-0.3, -0.25) is 0 Å². The lowest BCUT2D eigenvalue weighted by Crippen LogP contribution is -2.28. The van der Waals surface area contributed by atoms with E-state index >= 15 is 0 Å². The van der Waals surface area contributed by atoms with Crippen LogP contribution in [0.25, 0.3) is 0 Å². The summed E-state index contributed by atoms with van der Waals surface area (Å²) in [5.41, 5.74) is 0.783. The standard InChI is InChI=1S/C14H24N2O3S/c1-5-15-10-9-12-11-13(19-4)7-8-14(12)20(17,18)16(3)6-2/h7-8,11,15H,5-6,9-10H2,1-4H3. The molecule has 114 valence electrons. The van der Waals surface area contributed by atoms with E-state index in [0.717, 1.165) is 18.7 Å². The minimum absolute atomic E-state index is 0.362. The van der Waals surface area contributed by atoms with Crippen molar-refractivity contribution in [2.24, 2.45) is 0 Å². The molecule has 0 amide bonds. The Kier molecular flexibility index (Phi) is 6.45. The van der Waals surface area contributed by atoms with Crippen molar-refractivity contribution in [3.8, 4) is 5.75 Å². The molecule has 1 rings (SSSR count). The molecule has 0 fully saturated rings. The molecule has 1 aromatic rings. The van der Waals surface area contributed by atoms with Gasteiger partial charge in [0.15, 0.2) is 0 Å². The van der Waals surface area contributed by atoms with Gasteiger partial charge in [0.2, 0.25) is 10.0 Å². The van der Waals surface area contributed by atoms with E-state index in [2.05, 4.69) is 5.32 Å². The largest absolute Gasteiger partial charge is 0.497 e. The molecule has 1 aromatic carbocycles. The van der Waals surface area contributed by atoms with Gasteiger partial charge in [0.05, 0.1) is 12.0 Å². The van der Waals surface area contributed by atoms with E-state index in [4.69, 9.17) is 4.74 Å². The van der Waals surface area contributed by atoms with E-state index in [9.17, 15) is 8.42 Å². The van der Waals surface area contributed by atoms with Crippen LogP contribution in [-0.4, -0.2) is 46.5 Å². The third-order valence-electron chi connectivity index (χ3n) is 3.22. The molecule has 0 radical (unpaired) electrons. The van der Waals surface area contributed by atoms with Crippen LogP contribution in [0.3, 0.4) is 0 Å². The van der Waals surface area contributed by atoms with E-state index in [0.29, 0.717) is 23.6 Å². The van der Waals surface area contributed by atoms with Crippen molar-refractivity contribution in [2.75, 3.05) is 33.8 Å². The van der Waals surface area contributed by atoms with E-state index in [1.165, 1.54) is 4.31 Å². The van der Waals surface area contributed by atoms with Crippen LogP contribution in [0.5, 0.6) is 5.75 Å². The SMILES string of the molecule is CCNCCc1cc(OC)ccc1S(=O)(=O)N(C)CC. The Morgan fingerprint density at radius 1 is 1.30 bits per heavy atom. The molecule has 0 unspecified atom stereocenters. The second-order valence-electron chi connectivity index (χ2n) is 4.50. The van der Waals surface area contributed by atoms with Gasteiger partial charge in [-0.2, -0.15) is 0 Å². The summed E-state index contributed by atoms with van der Waals surface area (Å²) in [6.45, 7) is 5.89. The normalized spacial score (nSPS) is 11.8. The summed E-state index contributed by atoms with van der Waals surface area (Å²) in [7, 11) is -0.262. The summed E-state index contributed by atoms with van der Waals surface area (Å²) in [5, 5.41) is 3.21. The van der Waals surface area contributed by atoms with Crippen molar-refractivity contribution in [1.29, 1.82) is 0 Å². The van der Waals surface area contributed by atoms with Crippen molar-refractivity contribution >= 4 is 10.0 Å². The third kappa shape index (κ3) is 3.94. The van der Waals surface area contributed by atoms with Gasteiger partial charge >= 0.3 is 0 Å². The van der Waals surface area contributed by atoms with Gasteiger partial charge in [-0.15, -0.1) is 0 Å². The Morgan fingerprint density at radius 2 is 2.00 bits per heavy atom. The van der Waals surface area contributed by atoms with Crippen LogP contribution < -0.4 is 10.1 Å². The number of nitrogens with zero attached hydrogens (tertiary/aromatic N) is 1. The van der Waals surface area contributed by atoms with Crippen LogP contribution in [-0.2, 0) is 16.4 Å². The van der Waals surface area contributed by atoms with E-state index in [1.807, 2.05) is 13.8 Å². The zero-order valence-corrected chi connectivity index (χ0v) is 13.5. The summed E-state index contributed by atoms with van der Waals surface area (Å²) >= 11 is 0. The molecule has 5 nitrogen and oxygen atoms in total. The number of nitrogens with one attached hydrogen (secondary N) is 1. The van der Waals surface area contributed by atoms with Gasteiger partial charge in [-0.05, 0) is 43.3 Å². The second kappa shape index (κ2) is 7.61. The Labute approximate surface area is 122 Å². The van der Waals surface area contributed by atoms with E-state index in [1.54, 1.807) is 32.4 Å². The maximum Gasteiger partial charge on any atom is 0.243 e. The van der Waals surface area contributed by atoms with Crippen molar-refractivity contribution in [3.05, 3.63) is 23.8 Å². The van der Waals surface area contributed by atoms with Crippen LogP contribution in [0.4, 0.5) is 0 Å². The number of hydrogen-bond acceptors (Lipinski definition) is 4. The topological polar surface area (TPSA) is 58.6 Å². The number of benzene rings is 1. The van der Waals surface area contributed by atoms with Crippen LogP contribution in [0.15, 0.2) is 23.1 Å². The average Bonchev–Trinajstić information content (AvgIpc) is 2.46. The summed E-state index contributed by atoms with van der Waals surface area (Å²) in [4.78, 5) is 0.362. The van der Waals surface area contributed by atoms with Gasteiger partial charge in [0.25, 0.3) is 0 Å². The number of methoxy groups -OCH3 is 1. The molecule has 0 aliphatic carbocycles. The summed E-state index contributed by atoms with van der Waals surface area (Å²) in [6, 6.07) is 5.11. The van der Waals surface area contributed by atoms with Crippen molar-refractivity contribution in [3.63, 3.8) is 0 Å². The monoisotopic (exact) mass is 300 g/mol. The summed E-state index contributed by atoms with van der Waals surface area (Å²) in [6.07, 6.45) is 0.650. The second-order valence-corrected chi connectivity index (χ2v) is 6.51. The molecule has 0 heterocycles. The lowest BCUT2D eigenvalue weighted by atomic mass is 10.1. The number of likely N-dealkylation sites (N-methyl/N-ethyl adjacent to an activating group) is 1. The summed E-state index contributed by atoms with van der Waals surface area (Å²) in [5.74, 6) is 0.676. The quantitative estimate of drug-likeness (QED) is 0.739. The molecule has 0 aromatic heterocycles. The van der Waals surface area contributed by atoms with Crippen molar-refractivity contribution in [1.82, 2.24) is 9.62 Å². The first-order valence-electron chi connectivity index (χ1n) is 6.81. The molecule has 0 saturated carbocycles. The van der Waals surface area contributed by atoms with Crippen molar-refractivity contribution < 1.29 is 13.2 Å². The minimum atomic E-state index is -3.43. The van der Waals surface area contributed by atoms with Gasteiger partial charge in [-0.25, -0.2) is 12.7 Å². The predicted molar refractivity (Wildman–Crippen MR) is 80.7 cm³/mol. The zero-order valence-electron chi connectivity index (χ0n) is 12.6. The Bertz CT molecular complexity index is 529. The fourth-order valence-electron chi connectivity index (χ4n) is 1.87. The average molecular weight is 300 g/mol. The van der Waals surface area contributed by atoms with E-state index < -0.39 is 10.0 Å². The molecule has 0 aliphatic rings. The lowest BCUT2D eigenvalue weighted by molar-refractivity contribution is 0.413. The van der Waals surface area contributed by atoms with Gasteiger partial charge in [0.1, 0.15) is 5.75 Å². The lowest BCUT2D eigenvalue weighted by Gasteiger charge is -2.18. The minimum Gasteiger partial charge on any atom is -0.497 e. The zero-order chi connectivity index (χ0) is 15.2. The maximum atomic E-state index is 12.5. The Hall–Kier alpha value is -1.11. The molecular formula is C14H24N2O3S. The smallest absolute Gasteiger partial charge is 0.243 e. The number of sulfonamides is 1. The highest BCUT2D eigenvalue weighted by Gasteiger charge is 2.22. The van der Waals surface area contributed by atoms with Gasteiger partial charge in [-0.1, -0.05) is 13.8 Å². The van der Waals surface area contributed by atoms with Crippen LogP contribution in [0.1, 0.15) is 19.4 Å². The first-order chi connectivity index (χ1) is 9.47. The van der Waals surface area contributed by atoms with Crippen molar-refractivity contribution in [2.45, 2.75) is 25.2 Å². The molecule has 0 aliphatic heterocycles. The molecule has 6 heteroatoms. The fraction of sp³-hybridized carbons (Fsp3) is 0.571. The Morgan fingerprint density at radius 3 is 2.55 bits per heavy atom. The van der Waals surface area contributed by atoms with Gasteiger partial charge in [0, 0.05) is 13.6 Å². The molecule has 0 saturated heterocycles. The van der Waals surface area contributed by atoms with E-state index in [-0.39, 0.29) is 0 Å². The summed E-state index contributed by atoms with van der Waals surface area (Å²) < 4.78 is 31.5. The van der Waals surface area contributed by atoms with Crippen LogP contribution >= 0.6 is 0 Å². The molecule has 0 bridgehead atoms. The molecule has 20 heavy (non-hydrogen) atoms. The first-order valence-corrected chi connectivity index (χ1v) is 8.25. The highest BCUT2D eigenvalue weighted by molar-refractivity contribution is 7.89. The molecular weight excluding hydrogens is 276 g/mol. The first kappa shape index (κ1) is 16.9. The number of rotatable bonds is 8. The molecule has 0 spiro atoms. The van der Waals surface area contributed by atoms with Crippen LogP contribution in [0.2, 0.25) is 0 Å². The van der Waals surface area contributed by atoms with Crippen LogP contribution in [0, 0.1) is 0 Å². The highest BCUT2D eigenvalue weighted by Crippen LogP contribution is 2.24. The number of hydrogen-bond donors (Lipinski definition) is 1. The highest BCUT2D eigenvalue weighted by atomic mass is 32.2. The fourth-order valence-corrected chi connectivity index (χ4v) is 3.28. The predicted octanol–water partition coefficient (Wildman–Crippen LogP) is 1.49.